The lowest BCUT2D eigenvalue weighted by atomic mass is 9.94. The predicted octanol–water partition coefficient (Wildman–Crippen LogP) is 3.14. The van der Waals surface area contributed by atoms with E-state index in [0.717, 1.165) is 25.7 Å². The monoisotopic (exact) mass is 292 g/mol. The molecule has 0 aromatic carbocycles. The second-order valence-corrected chi connectivity index (χ2v) is 5.19. The van der Waals surface area contributed by atoms with Crippen LogP contribution < -0.4 is 5.32 Å². The largest absolute Gasteiger partial charge is 0.388 e. The second kappa shape index (κ2) is 5.95. The highest BCUT2D eigenvalue weighted by molar-refractivity contribution is 5.45. The van der Waals surface area contributed by atoms with Gasteiger partial charge in [-0.2, -0.15) is 22.5 Å². The van der Waals surface area contributed by atoms with Gasteiger partial charge in [0.05, 0.1) is 5.60 Å². The van der Waals surface area contributed by atoms with E-state index in [-0.39, 0.29) is 6.54 Å². The van der Waals surface area contributed by atoms with Gasteiger partial charge in [-0.15, -0.1) is 0 Å². The molecule has 0 amide bonds. The average molecular weight is 292 g/mol. The molecule has 2 rings (SSSR count). The van der Waals surface area contributed by atoms with Gasteiger partial charge in [-0.3, -0.25) is 0 Å². The summed E-state index contributed by atoms with van der Waals surface area (Å²) in [5, 5.41) is 12.6. The smallest absolute Gasteiger partial charge is 0.253 e. The summed E-state index contributed by atoms with van der Waals surface area (Å²) in [6.07, 6.45) is 4.57. The Balaban J connectivity index is 2.14. The minimum Gasteiger partial charge on any atom is -0.388 e. The van der Waals surface area contributed by atoms with Crippen LogP contribution in [0.5, 0.6) is 0 Å². The molecule has 20 heavy (non-hydrogen) atoms. The van der Waals surface area contributed by atoms with Crippen molar-refractivity contribution in [1.29, 1.82) is 0 Å². The third kappa shape index (κ3) is 3.20. The van der Waals surface area contributed by atoms with E-state index in [1.165, 1.54) is 0 Å². The van der Waals surface area contributed by atoms with Crippen LogP contribution in [0.4, 0.5) is 23.2 Å². The molecule has 0 radical (unpaired) electrons. The van der Waals surface area contributed by atoms with Crippen molar-refractivity contribution in [2.45, 2.75) is 44.1 Å². The van der Waals surface area contributed by atoms with Gasteiger partial charge in [0.15, 0.2) is 0 Å². The van der Waals surface area contributed by atoms with Gasteiger partial charge in [0.2, 0.25) is 11.6 Å². The SMILES string of the molecule is OC1(CNc2c(F)c(F)nc(F)c2F)CCCCCC1. The zero-order chi connectivity index (χ0) is 14.8. The Labute approximate surface area is 114 Å². The summed E-state index contributed by atoms with van der Waals surface area (Å²) < 4.78 is 52.7. The molecule has 112 valence electrons. The molecule has 1 fully saturated rings. The van der Waals surface area contributed by atoms with Crippen molar-refractivity contribution < 1.29 is 22.7 Å². The van der Waals surface area contributed by atoms with Crippen LogP contribution in [0.25, 0.3) is 0 Å². The van der Waals surface area contributed by atoms with Crippen LogP contribution in [0, 0.1) is 23.5 Å². The summed E-state index contributed by atoms with van der Waals surface area (Å²) in [6, 6.07) is 0. The molecule has 2 N–H and O–H groups in total. The lowest BCUT2D eigenvalue weighted by Crippen LogP contribution is -2.36. The summed E-state index contributed by atoms with van der Waals surface area (Å²) in [6.45, 7) is -0.163. The van der Waals surface area contributed by atoms with Crippen LogP contribution in [-0.4, -0.2) is 22.2 Å². The summed E-state index contributed by atoms with van der Waals surface area (Å²) in [7, 11) is 0. The van der Waals surface area contributed by atoms with Crippen molar-refractivity contribution in [2.24, 2.45) is 0 Å². The number of halogens is 4. The van der Waals surface area contributed by atoms with E-state index in [1.54, 1.807) is 0 Å². The molecular formula is C13H16F4N2O. The minimum absolute atomic E-state index is 0.163. The van der Waals surface area contributed by atoms with Crippen LogP contribution >= 0.6 is 0 Å². The van der Waals surface area contributed by atoms with Gasteiger partial charge in [-0.25, -0.2) is 0 Å². The van der Waals surface area contributed by atoms with Crippen molar-refractivity contribution in [2.75, 3.05) is 11.9 Å². The Kier molecular flexibility index (Phi) is 4.47. The fraction of sp³-hybridized carbons (Fsp3) is 0.615. The number of anilines is 1. The lowest BCUT2D eigenvalue weighted by Gasteiger charge is -2.27. The molecule has 1 aliphatic rings. The van der Waals surface area contributed by atoms with Gasteiger partial charge in [0, 0.05) is 6.54 Å². The van der Waals surface area contributed by atoms with Gasteiger partial charge < -0.3 is 10.4 Å². The quantitative estimate of drug-likeness (QED) is 0.511. The Bertz CT molecular complexity index is 461. The first-order chi connectivity index (χ1) is 9.43. The predicted molar refractivity (Wildman–Crippen MR) is 65.2 cm³/mol. The van der Waals surface area contributed by atoms with Crippen LogP contribution in [0.1, 0.15) is 38.5 Å². The first-order valence-corrected chi connectivity index (χ1v) is 6.59. The Morgan fingerprint density at radius 3 is 1.95 bits per heavy atom. The van der Waals surface area contributed by atoms with Gasteiger partial charge >= 0.3 is 0 Å². The molecule has 0 saturated heterocycles. The van der Waals surface area contributed by atoms with Gasteiger partial charge in [-0.05, 0) is 12.8 Å². The first kappa shape index (κ1) is 15.0. The molecule has 3 nitrogen and oxygen atoms in total. The fourth-order valence-corrected chi connectivity index (χ4v) is 2.46. The number of hydrogen-bond acceptors (Lipinski definition) is 3. The minimum atomic E-state index is -1.71. The van der Waals surface area contributed by atoms with Crippen LogP contribution in [0.3, 0.4) is 0 Å². The van der Waals surface area contributed by atoms with Crippen molar-refractivity contribution >= 4 is 5.69 Å². The van der Waals surface area contributed by atoms with E-state index in [9.17, 15) is 22.7 Å². The van der Waals surface area contributed by atoms with Crippen LogP contribution in [0.2, 0.25) is 0 Å². The van der Waals surface area contributed by atoms with E-state index < -0.39 is 34.8 Å². The maximum absolute atomic E-state index is 13.4. The molecular weight excluding hydrogens is 276 g/mol. The van der Waals surface area contributed by atoms with Crippen molar-refractivity contribution in [3.63, 3.8) is 0 Å². The van der Waals surface area contributed by atoms with Gasteiger partial charge in [0.25, 0.3) is 11.9 Å². The molecule has 1 saturated carbocycles. The summed E-state index contributed by atoms with van der Waals surface area (Å²) in [4.78, 5) is 2.47. The highest BCUT2D eigenvalue weighted by atomic mass is 19.2. The number of aliphatic hydroxyl groups is 1. The van der Waals surface area contributed by atoms with Crippen molar-refractivity contribution in [3.05, 3.63) is 23.5 Å². The summed E-state index contributed by atoms with van der Waals surface area (Å²) in [5.41, 5.74) is -2.04. The third-order valence-electron chi connectivity index (χ3n) is 3.63. The molecule has 1 aromatic rings. The van der Waals surface area contributed by atoms with Gasteiger partial charge in [0.1, 0.15) is 5.69 Å². The van der Waals surface area contributed by atoms with Crippen LogP contribution in [-0.2, 0) is 0 Å². The number of rotatable bonds is 3. The topological polar surface area (TPSA) is 45.1 Å². The number of pyridine rings is 1. The maximum atomic E-state index is 13.4. The molecule has 7 heteroatoms. The van der Waals surface area contributed by atoms with E-state index in [2.05, 4.69) is 10.3 Å². The highest BCUT2D eigenvalue weighted by Gasteiger charge is 2.29. The average Bonchev–Trinajstić information content (AvgIpc) is 2.62. The molecule has 1 aliphatic carbocycles. The molecule has 0 aliphatic heterocycles. The van der Waals surface area contributed by atoms with E-state index in [0.29, 0.717) is 12.8 Å². The fourth-order valence-electron chi connectivity index (χ4n) is 2.46. The van der Waals surface area contributed by atoms with Gasteiger partial charge in [-0.1, -0.05) is 25.7 Å². The highest BCUT2D eigenvalue weighted by Crippen LogP contribution is 2.29. The normalized spacial score (nSPS) is 18.6. The molecule has 1 aromatic heterocycles. The molecule has 0 unspecified atom stereocenters. The Hall–Kier alpha value is -1.37. The molecule has 1 heterocycles. The van der Waals surface area contributed by atoms with Crippen LogP contribution in [0.15, 0.2) is 0 Å². The van der Waals surface area contributed by atoms with Crippen molar-refractivity contribution in [1.82, 2.24) is 4.98 Å². The molecule has 0 atom stereocenters. The van der Waals surface area contributed by atoms with E-state index in [4.69, 9.17) is 0 Å². The van der Waals surface area contributed by atoms with Crippen molar-refractivity contribution in [3.8, 4) is 0 Å². The summed E-state index contributed by atoms with van der Waals surface area (Å²) in [5.74, 6) is -6.58. The first-order valence-electron chi connectivity index (χ1n) is 6.59. The zero-order valence-electron chi connectivity index (χ0n) is 10.9. The number of nitrogens with one attached hydrogen (secondary N) is 1. The second-order valence-electron chi connectivity index (χ2n) is 5.19. The number of hydrogen-bond donors (Lipinski definition) is 2. The van der Waals surface area contributed by atoms with E-state index >= 15 is 0 Å². The number of aromatic nitrogens is 1. The standard InChI is InChI=1S/C13H16F4N2O/c14-8-10(9(15)12(17)19-11(8)16)18-7-13(20)5-3-1-2-4-6-13/h20H,1-7H2,(H,18,19). The maximum Gasteiger partial charge on any atom is 0.253 e. The van der Waals surface area contributed by atoms with E-state index in [1.807, 2.05) is 0 Å². The summed E-state index contributed by atoms with van der Waals surface area (Å²) >= 11 is 0. The third-order valence-corrected chi connectivity index (χ3v) is 3.63. The molecule has 0 bridgehead atoms. The Morgan fingerprint density at radius 1 is 0.950 bits per heavy atom. The Morgan fingerprint density at radius 2 is 1.45 bits per heavy atom. The molecule has 0 spiro atoms. The zero-order valence-corrected chi connectivity index (χ0v) is 10.9. The lowest BCUT2D eigenvalue weighted by molar-refractivity contribution is 0.0380. The number of nitrogens with zero attached hydrogens (tertiary/aromatic N) is 1.